The van der Waals surface area contributed by atoms with E-state index in [9.17, 15) is 30.2 Å². The van der Waals surface area contributed by atoms with Crippen LogP contribution >= 0.6 is 0 Å². The van der Waals surface area contributed by atoms with Crippen LogP contribution in [0.1, 0.15) is 12.5 Å². The van der Waals surface area contributed by atoms with Crippen LogP contribution in [0, 0.1) is 21.4 Å². The van der Waals surface area contributed by atoms with Gasteiger partial charge in [-0.15, -0.1) is 0 Å². The number of carbonyl (C=O) groups excluding carboxylic acids is 1. The van der Waals surface area contributed by atoms with Crippen molar-refractivity contribution in [1.29, 1.82) is 5.26 Å². The molecule has 0 saturated heterocycles. The SMILES string of the molecule is CCN(CCO)C(=O)/C(C#N)=C(\O)c1cc(O)c(O)c([N+](=O)[O-])c1. The molecule has 10 heteroatoms. The van der Waals surface area contributed by atoms with Gasteiger partial charge < -0.3 is 25.3 Å². The molecule has 1 aromatic carbocycles. The fraction of sp³-hybridized carbons (Fsp3) is 0.286. The molecule has 0 aliphatic heterocycles. The topological polar surface area (TPSA) is 168 Å². The van der Waals surface area contributed by atoms with E-state index >= 15 is 0 Å². The van der Waals surface area contributed by atoms with E-state index in [-0.39, 0.29) is 25.3 Å². The molecule has 1 rings (SSSR count). The quantitative estimate of drug-likeness (QED) is 0.146. The number of hydrogen-bond acceptors (Lipinski definition) is 8. The number of carbonyl (C=O) groups is 1. The van der Waals surface area contributed by atoms with E-state index in [2.05, 4.69) is 0 Å². The number of hydrogen-bond donors (Lipinski definition) is 4. The average Bonchev–Trinajstić information content (AvgIpc) is 2.54. The molecule has 10 nitrogen and oxygen atoms in total. The third kappa shape index (κ3) is 3.71. The first kappa shape index (κ1) is 18.7. The number of nitro groups is 1. The second-order valence-electron chi connectivity index (χ2n) is 4.56. The molecule has 4 N–H and O–H groups in total. The fourth-order valence-corrected chi connectivity index (χ4v) is 1.91. The van der Waals surface area contributed by atoms with Gasteiger partial charge in [-0.25, -0.2) is 0 Å². The lowest BCUT2D eigenvalue weighted by Crippen LogP contribution is -2.34. The highest BCUT2D eigenvalue weighted by atomic mass is 16.6. The molecule has 0 bridgehead atoms. The van der Waals surface area contributed by atoms with Crippen molar-refractivity contribution in [3.8, 4) is 17.6 Å². The van der Waals surface area contributed by atoms with Gasteiger partial charge in [0.25, 0.3) is 5.91 Å². The molecule has 0 atom stereocenters. The molecule has 1 amide bonds. The number of likely N-dealkylation sites (N-methyl/N-ethyl adjacent to an activating group) is 1. The Morgan fingerprint density at radius 3 is 2.50 bits per heavy atom. The first-order valence-electron chi connectivity index (χ1n) is 6.72. The van der Waals surface area contributed by atoms with Crippen LogP contribution in [0.2, 0.25) is 0 Å². The molecular weight excluding hydrogens is 322 g/mol. The van der Waals surface area contributed by atoms with Gasteiger partial charge in [0.2, 0.25) is 5.75 Å². The van der Waals surface area contributed by atoms with Crippen LogP contribution in [0.15, 0.2) is 17.7 Å². The summed E-state index contributed by atoms with van der Waals surface area (Å²) in [7, 11) is 0. The van der Waals surface area contributed by atoms with Crippen molar-refractivity contribution in [1.82, 2.24) is 4.90 Å². The lowest BCUT2D eigenvalue weighted by molar-refractivity contribution is -0.386. The van der Waals surface area contributed by atoms with Crippen molar-refractivity contribution >= 4 is 17.4 Å². The molecule has 0 heterocycles. The van der Waals surface area contributed by atoms with Gasteiger partial charge in [0.15, 0.2) is 11.3 Å². The normalized spacial score (nSPS) is 11.4. The van der Waals surface area contributed by atoms with Crippen LogP contribution in [0.25, 0.3) is 5.76 Å². The number of phenolic OH excluding ortho intramolecular Hbond substituents is 2. The molecule has 0 saturated carbocycles. The summed E-state index contributed by atoms with van der Waals surface area (Å²) >= 11 is 0. The van der Waals surface area contributed by atoms with E-state index in [1.807, 2.05) is 0 Å². The summed E-state index contributed by atoms with van der Waals surface area (Å²) in [4.78, 5) is 23.1. The Kier molecular flexibility index (Phi) is 6.08. The minimum Gasteiger partial charge on any atom is -0.506 e. The minimum atomic E-state index is -1.00. The second-order valence-corrected chi connectivity index (χ2v) is 4.56. The highest BCUT2D eigenvalue weighted by Gasteiger charge is 2.25. The Labute approximate surface area is 136 Å². The summed E-state index contributed by atoms with van der Waals surface area (Å²) in [6.07, 6.45) is 0. The number of aromatic hydroxyl groups is 2. The molecule has 1 aromatic rings. The lowest BCUT2D eigenvalue weighted by atomic mass is 10.1. The summed E-state index contributed by atoms with van der Waals surface area (Å²) < 4.78 is 0. The number of phenols is 2. The molecule has 128 valence electrons. The molecule has 0 aromatic heterocycles. The number of nitro benzene ring substituents is 1. The summed E-state index contributed by atoms with van der Waals surface area (Å²) in [5.74, 6) is -3.67. The van der Waals surface area contributed by atoms with E-state index in [4.69, 9.17) is 10.4 Å². The lowest BCUT2D eigenvalue weighted by Gasteiger charge is -2.19. The van der Waals surface area contributed by atoms with Crippen molar-refractivity contribution in [2.75, 3.05) is 19.7 Å². The first-order valence-corrected chi connectivity index (χ1v) is 6.72. The zero-order valence-corrected chi connectivity index (χ0v) is 12.6. The van der Waals surface area contributed by atoms with Crippen molar-refractivity contribution in [2.24, 2.45) is 0 Å². The van der Waals surface area contributed by atoms with Crippen LogP contribution in [0.3, 0.4) is 0 Å². The summed E-state index contributed by atoms with van der Waals surface area (Å²) in [6.45, 7) is 1.31. The Morgan fingerprint density at radius 1 is 1.42 bits per heavy atom. The van der Waals surface area contributed by atoms with Crippen LogP contribution in [-0.2, 0) is 4.79 Å². The number of benzene rings is 1. The van der Waals surface area contributed by atoms with Crippen LogP contribution < -0.4 is 0 Å². The molecule has 0 aliphatic rings. The maximum atomic E-state index is 12.2. The molecule has 0 aliphatic carbocycles. The predicted octanol–water partition coefficient (Wildman–Crippen LogP) is 0.639. The summed E-state index contributed by atoms with van der Waals surface area (Å²) in [5, 5.41) is 57.9. The van der Waals surface area contributed by atoms with E-state index in [1.54, 1.807) is 6.92 Å². The number of aliphatic hydroxyl groups is 2. The molecule has 0 fully saturated rings. The van der Waals surface area contributed by atoms with Gasteiger partial charge in [0, 0.05) is 24.7 Å². The number of rotatable bonds is 6. The highest BCUT2D eigenvalue weighted by Crippen LogP contribution is 2.38. The van der Waals surface area contributed by atoms with Crippen molar-refractivity contribution in [2.45, 2.75) is 6.92 Å². The Morgan fingerprint density at radius 2 is 2.04 bits per heavy atom. The monoisotopic (exact) mass is 337 g/mol. The number of nitrogens with zero attached hydrogens (tertiary/aromatic N) is 3. The van der Waals surface area contributed by atoms with Gasteiger partial charge in [0.1, 0.15) is 11.8 Å². The Bertz CT molecular complexity index is 737. The highest BCUT2D eigenvalue weighted by molar-refractivity contribution is 6.03. The molecular formula is C14H15N3O7. The van der Waals surface area contributed by atoms with Crippen molar-refractivity contribution in [3.05, 3.63) is 33.4 Å². The fourth-order valence-electron chi connectivity index (χ4n) is 1.91. The third-order valence-corrected chi connectivity index (χ3v) is 3.14. The van der Waals surface area contributed by atoms with E-state index in [1.165, 1.54) is 6.07 Å². The zero-order chi connectivity index (χ0) is 18.4. The van der Waals surface area contributed by atoms with E-state index in [0.29, 0.717) is 0 Å². The maximum Gasteiger partial charge on any atom is 0.315 e. The van der Waals surface area contributed by atoms with Crippen molar-refractivity contribution < 1.29 is 30.1 Å². The molecule has 0 spiro atoms. The third-order valence-electron chi connectivity index (χ3n) is 3.14. The first-order chi connectivity index (χ1) is 11.3. The number of amides is 1. The van der Waals surface area contributed by atoms with Gasteiger partial charge in [-0.2, -0.15) is 5.26 Å². The average molecular weight is 337 g/mol. The van der Waals surface area contributed by atoms with Crippen molar-refractivity contribution in [3.63, 3.8) is 0 Å². The smallest absolute Gasteiger partial charge is 0.315 e. The van der Waals surface area contributed by atoms with E-state index in [0.717, 1.165) is 17.0 Å². The largest absolute Gasteiger partial charge is 0.506 e. The number of nitriles is 1. The standard InChI is InChI=1S/C14H15N3O7/c1-2-16(3-4-18)14(22)9(7-15)12(20)8-5-10(17(23)24)13(21)11(19)6-8/h5-6,18-21H,2-4H2,1H3/b12-9-. The van der Waals surface area contributed by atoms with Crippen LogP contribution in [0.5, 0.6) is 11.5 Å². The summed E-state index contributed by atoms with van der Waals surface area (Å²) in [5.41, 5.74) is -2.00. The van der Waals surface area contributed by atoms with Gasteiger partial charge in [-0.3, -0.25) is 14.9 Å². The van der Waals surface area contributed by atoms with Gasteiger partial charge in [-0.05, 0) is 13.0 Å². The zero-order valence-electron chi connectivity index (χ0n) is 12.6. The van der Waals surface area contributed by atoms with Gasteiger partial charge in [0.05, 0.1) is 11.5 Å². The molecule has 0 unspecified atom stereocenters. The minimum absolute atomic E-state index is 0.0746. The molecule has 0 radical (unpaired) electrons. The molecule has 24 heavy (non-hydrogen) atoms. The van der Waals surface area contributed by atoms with Gasteiger partial charge in [-0.1, -0.05) is 0 Å². The maximum absolute atomic E-state index is 12.2. The van der Waals surface area contributed by atoms with E-state index < -0.39 is 39.3 Å². The second kappa shape index (κ2) is 7.80. The van der Waals surface area contributed by atoms with Crippen LogP contribution in [-0.4, -0.2) is 55.9 Å². The Balaban J connectivity index is 3.47. The predicted molar refractivity (Wildman–Crippen MR) is 80.9 cm³/mol. The number of aliphatic hydroxyl groups excluding tert-OH is 2. The Hall–Kier alpha value is -3.32. The summed E-state index contributed by atoms with van der Waals surface area (Å²) in [6, 6.07) is 3.00. The van der Waals surface area contributed by atoms with Crippen LogP contribution in [0.4, 0.5) is 5.69 Å². The van der Waals surface area contributed by atoms with Gasteiger partial charge >= 0.3 is 5.69 Å².